The van der Waals surface area contributed by atoms with E-state index in [1.54, 1.807) is 0 Å². The molecule has 23 heavy (non-hydrogen) atoms. The van der Waals surface area contributed by atoms with E-state index >= 15 is 0 Å². The fourth-order valence-corrected chi connectivity index (χ4v) is 3.87. The Hall–Kier alpha value is -1.26. The average Bonchev–Trinajstić information content (AvgIpc) is 3.25. The SMILES string of the molecule is CN=C(NCC(c1cccc(Cl)c1)N1CCCC1)N1CCCC1. The van der Waals surface area contributed by atoms with Crippen molar-refractivity contribution in [1.29, 1.82) is 0 Å². The molecule has 1 aromatic carbocycles. The van der Waals surface area contributed by atoms with Crippen LogP contribution in [0.25, 0.3) is 0 Å². The molecule has 2 saturated heterocycles. The molecule has 0 bridgehead atoms. The molecule has 0 amide bonds. The Morgan fingerprint density at radius 2 is 1.87 bits per heavy atom. The lowest BCUT2D eigenvalue weighted by Crippen LogP contribution is -2.43. The van der Waals surface area contributed by atoms with Crippen molar-refractivity contribution >= 4 is 17.6 Å². The van der Waals surface area contributed by atoms with Gasteiger partial charge < -0.3 is 10.2 Å². The highest BCUT2D eigenvalue weighted by atomic mass is 35.5. The first-order chi connectivity index (χ1) is 11.3. The molecule has 2 aliphatic rings. The number of nitrogens with zero attached hydrogens (tertiary/aromatic N) is 3. The van der Waals surface area contributed by atoms with Gasteiger partial charge in [-0.25, -0.2) is 0 Å². The van der Waals surface area contributed by atoms with Crippen LogP contribution < -0.4 is 5.32 Å². The molecule has 4 nitrogen and oxygen atoms in total. The third-order valence-electron chi connectivity index (χ3n) is 4.89. The van der Waals surface area contributed by atoms with E-state index < -0.39 is 0 Å². The second-order valence-electron chi connectivity index (χ2n) is 6.44. The molecule has 3 rings (SSSR count). The van der Waals surface area contributed by atoms with E-state index in [0.717, 1.165) is 30.6 Å². The molecule has 5 heteroatoms. The van der Waals surface area contributed by atoms with E-state index in [-0.39, 0.29) is 0 Å². The smallest absolute Gasteiger partial charge is 0.193 e. The molecule has 1 atom stereocenters. The van der Waals surface area contributed by atoms with Crippen molar-refractivity contribution in [3.8, 4) is 0 Å². The van der Waals surface area contributed by atoms with Crippen LogP contribution in [0.1, 0.15) is 37.3 Å². The Morgan fingerprint density at radius 1 is 1.17 bits per heavy atom. The van der Waals surface area contributed by atoms with Crippen molar-refractivity contribution in [2.24, 2.45) is 4.99 Å². The summed E-state index contributed by atoms with van der Waals surface area (Å²) in [4.78, 5) is 9.39. The number of aliphatic imine (C=N–C) groups is 1. The van der Waals surface area contributed by atoms with Crippen LogP contribution in [0.3, 0.4) is 0 Å². The Bertz CT molecular complexity index is 534. The molecular formula is C18H27ClN4. The Kier molecular flexibility index (Phi) is 5.79. The molecular weight excluding hydrogens is 308 g/mol. The van der Waals surface area contributed by atoms with Crippen molar-refractivity contribution in [2.45, 2.75) is 31.7 Å². The predicted molar refractivity (Wildman–Crippen MR) is 97.2 cm³/mol. The number of guanidine groups is 1. The zero-order chi connectivity index (χ0) is 16.1. The Balaban J connectivity index is 1.70. The maximum Gasteiger partial charge on any atom is 0.193 e. The lowest BCUT2D eigenvalue weighted by atomic mass is 10.1. The van der Waals surface area contributed by atoms with Crippen molar-refractivity contribution < 1.29 is 0 Å². The van der Waals surface area contributed by atoms with E-state index in [4.69, 9.17) is 11.6 Å². The average molecular weight is 335 g/mol. The summed E-state index contributed by atoms with van der Waals surface area (Å²) < 4.78 is 0. The minimum Gasteiger partial charge on any atom is -0.354 e. The van der Waals surface area contributed by atoms with Gasteiger partial charge in [0.1, 0.15) is 0 Å². The van der Waals surface area contributed by atoms with Crippen LogP contribution in [0, 0.1) is 0 Å². The maximum absolute atomic E-state index is 6.22. The summed E-state index contributed by atoms with van der Waals surface area (Å²) in [7, 11) is 1.88. The molecule has 2 aliphatic heterocycles. The van der Waals surface area contributed by atoms with Crippen molar-refractivity contribution in [3.63, 3.8) is 0 Å². The van der Waals surface area contributed by atoms with Gasteiger partial charge in [-0.05, 0) is 56.5 Å². The van der Waals surface area contributed by atoms with E-state index in [1.807, 2.05) is 13.1 Å². The minimum absolute atomic E-state index is 0.357. The Morgan fingerprint density at radius 3 is 2.52 bits per heavy atom. The van der Waals surface area contributed by atoms with Crippen LogP contribution in [0.2, 0.25) is 5.02 Å². The van der Waals surface area contributed by atoms with Gasteiger partial charge in [-0.15, -0.1) is 0 Å². The zero-order valence-corrected chi connectivity index (χ0v) is 14.7. The number of halogens is 1. The number of benzene rings is 1. The van der Waals surface area contributed by atoms with Crippen molar-refractivity contribution in [3.05, 3.63) is 34.9 Å². The standard InChI is InChI=1S/C18H27ClN4/c1-20-18(23-11-4-5-12-23)21-14-17(22-9-2-3-10-22)15-7-6-8-16(19)13-15/h6-8,13,17H,2-5,9-12,14H2,1H3,(H,20,21). The number of nitrogens with one attached hydrogen (secondary N) is 1. The first-order valence-corrected chi connectivity index (χ1v) is 9.11. The van der Waals surface area contributed by atoms with E-state index in [0.29, 0.717) is 6.04 Å². The van der Waals surface area contributed by atoms with Gasteiger partial charge >= 0.3 is 0 Å². The first kappa shape index (κ1) is 16.6. The predicted octanol–water partition coefficient (Wildman–Crippen LogP) is 3.15. The van der Waals surface area contributed by atoms with Gasteiger partial charge in [-0.1, -0.05) is 23.7 Å². The molecule has 0 aliphatic carbocycles. The topological polar surface area (TPSA) is 30.9 Å². The molecule has 2 heterocycles. The molecule has 0 spiro atoms. The van der Waals surface area contributed by atoms with Gasteiger partial charge in [0.05, 0.1) is 6.04 Å². The maximum atomic E-state index is 6.22. The monoisotopic (exact) mass is 334 g/mol. The lowest BCUT2D eigenvalue weighted by molar-refractivity contribution is 0.244. The molecule has 0 aromatic heterocycles. The zero-order valence-electron chi connectivity index (χ0n) is 14.0. The number of rotatable bonds is 4. The van der Waals surface area contributed by atoms with Crippen molar-refractivity contribution in [2.75, 3.05) is 39.8 Å². The highest BCUT2D eigenvalue weighted by molar-refractivity contribution is 6.30. The fraction of sp³-hybridized carbons (Fsp3) is 0.611. The second kappa shape index (κ2) is 8.02. The van der Waals surface area contributed by atoms with Gasteiger partial charge in [-0.3, -0.25) is 9.89 Å². The minimum atomic E-state index is 0.357. The fourth-order valence-electron chi connectivity index (χ4n) is 3.67. The van der Waals surface area contributed by atoms with E-state index in [9.17, 15) is 0 Å². The summed E-state index contributed by atoms with van der Waals surface area (Å²) in [5.41, 5.74) is 1.30. The number of hydrogen-bond acceptors (Lipinski definition) is 2. The summed E-state index contributed by atoms with van der Waals surface area (Å²) in [6.45, 7) is 5.45. The molecule has 2 fully saturated rings. The van der Waals surface area contributed by atoms with Gasteiger partial charge in [0.25, 0.3) is 0 Å². The number of hydrogen-bond donors (Lipinski definition) is 1. The molecule has 1 aromatic rings. The van der Waals surface area contributed by atoms with Crippen LogP contribution in [0.15, 0.2) is 29.3 Å². The summed E-state index contributed by atoms with van der Waals surface area (Å²) >= 11 is 6.22. The molecule has 0 radical (unpaired) electrons. The molecule has 0 saturated carbocycles. The van der Waals surface area contributed by atoms with Crippen LogP contribution >= 0.6 is 11.6 Å². The third-order valence-corrected chi connectivity index (χ3v) is 5.12. The quantitative estimate of drug-likeness (QED) is 0.678. The van der Waals surface area contributed by atoms with E-state index in [2.05, 4.69) is 38.3 Å². The second-order valence-corrected chi connectivity index (χ2v) is 6.87. The van der Waals surface area contributed by atoms with Crippen molar-refractivity contribution in [1.82, 2.24) is 15.1 Å². The molecule has 1 unspecified atom stereocenters. The molecule has 126 valence electrons. The van der Waals surface area contributed by atoms with Gasteiger partial charge in [0, 0.05) is 31.7 Å². The van der Waals surface area contributed by atoms with Gasteiger partial charge in [0.2, 0.25) is 0 Å². The Labute approximate surface area is 144 Å². The first-order valence-electron chi connectivity index (χ1n) is 8.73. The summed E-state index contributed by atoms with van der Waals surface area (Å²) in [6, 6.07) is 8.65. The van der Waals surface area contributed by atoms with Crippen LogP contribution in [0.5, 0.6) is 0 Å². The summed E-state index contributed by atoms with van der Waals surface area (Å²) in [6.07, 6.45) is 5.12. The summed E-state index contributed by atoms with van der Waals surface area (Å²) in [5.74, 6) is 1.04. The highest BCUT2D eigenvalue weighted by Gasteiger charge is 2.25. The van der Waals surface area contributed by atoms with Crippen LogP contribution in [0.4, 0.5) is 0 Å². The van der Waals surface area contributed by atoms with Gasteiger partial charge in [0.15, 0.2) is 5.96 Å². The number of likely N-dealkylation sites (tertiary alicyclic amines) is 2. The largest absolute Gasteiger partial charge is 0.354 e. The highest BCUT2D eigenvalue weighted by Crippen LogP contribution is 2.26. The van der Waals surface area contributed by atoms with E-state index in [1.165, 1.54) is 44.3 Å². The lowest BCUT2D eigenvalue weighted by Gasteiger charge is -2.30. The van der Waals surface area contributed by atoms with Gasteiger partial charge in [-0.2, -0.15) is 0 Å². The summed E-state index contributed by atoms with van der Waals surface area (Å²) in [5, 5.41) is 4.41. The van der Waals surface area contributed by atoms with Crippen LogP contribution in [-0.2, 0) is 0 Å². The third kappa shape index (κ3) is 4.18. The molecule has 1 N–H and O–H groups in total. The normalized spacial score (nSPS) is 21.0. The van der Waals surface area contributed by atoms with Crippen LogP contribution in [-0.4, -0.2) is 55.5 Å².